The van der Waals surface area contributed by atoms with Crippen molar-refractivity contribution in [2.24, 2.45) is 0 Å². The van der Waals surface area contributed by atoms with Crippen molar-refractivity contribution >= 4 is 17.2 Å². The van der Waals surface area contributed by atoms with Crippen molar-refractivity contribution < 1.29 is 19.0 Å². The zero-order valence-corrected chi connectivity index (χ0v) is 18.1. The number of carbonyl (C=O) groups is 1. The summed E-state index contributed by atoms with van der Waals surface area (Å²) in [6, 6.07) is 15.7. The number of hydrogen-bond acceptors (Lipinski definition) is 5. The Kier molecular flexibility index (Phi) is 5.95. The van der Waals surface area contributed by atoms with Gasteiger partial charge < -0.3 is 19.5 Å². The van der Waals surface area contributed by atoms with Crippen LogP contribution >= 0.6 is 11.3 Å². The van der Waals surface area contributed by atoms with Crippen LogP contribution in [-0.4, -0.2) is 12.7 Å². The fourth-order valence-electron chi connectivity index (χ4n) is 3.22. The fraction of sp³-hybridized carbons (Fsp3) is 0.292. The quantitative estimate of drug-likeness (QED) is 0.532. The summed E-state index contributed by atoms with van der Waals surface area (Å²) in [6.45, 7) is 6.97. The van der Waals surface area contributed by atoms with E-state index in [0.717, 1.165) is 16.9 Å². The lowest BCUT2D eigenvalue weighted by Crippen LogP contribution is -2.25. The average Bonchev–Trinajstić information content (AvgIpc) is 3.41. The van der Waals surface area contributed by atoms with E-state index in [0.29, 0.717) is 28.9 Å². The predicted molar refractivity (Wildman–Crippen MR) is 118 cm³/mol. The summed E-state index contributed by atoms with van der Waals surface area (Å²) in [7, 11) is 0. The minimum Gasteiger partial charge on any atom is -0.489 e. The molecular formula is C24H25NO4S. The molecule has 2 aromatic carbocycles. The fourth-order valence-corrected chi connectivity index (χ4v) is 4.02. The van der Waals surface area contributed by atoms with Gasteiger partial charge in [0.2, 0.25) is 6.79 Å². The second kappa shape index (κ2) is 8.79. The van der Waals surface area contributed by atoms with E-state index in [1.807, 2.05) is 36.6 Å². The van der Waals surface area contributed by atoms with Gasteiger partial charge >= 0.3 is 0 Å². The van der Waals surface area contributed by atoms with Crippen LogP contribution in [0, 0.1) is 0 Å². The molecule has 1 aliphatic rings. The van der Waals surface area contributed by atoms with E-state index in [2.05, 4.69) is 43.4 Å². The van der Waals surface area contributed by atoms with Gasteiger partial charge in [0, 0.05) is 11.6 Å². The first kappa shape index (κ1) is 20.3. The molecule has 2 heterocycles. The molecule has 0 aliphatic carbocycles. The summed E-state index contributed by atoms with van der Waals surface area (Å²) in [5.41, 5.74) is 3.34. The molecule has 4 rings (SSSR count). The molecule has 0 bridgehead atoms. The highest BCUT2D eigenvalue weighted by Crippen LogP contribution is 2.35. The lowest BCUT2D eigenvalue weighted by Gasteiger charge is -2.15. The second-order valence-electron chi connectivity index (χ2n) is 7.64. The average molecular weight is 424 g/mol. The maximum absolute atomic E-state index is 12.6. The molecule has 1 aromatic heterocycles. The summed E-state index contributed by atoms with van der Waals surface area (Å²) in [4.78, 5) is 13.3. The number of rotatable bonds is 7. The van der Waals surface area contributed by atoms with E-state index in [9.17, 15) is 4.79 Å². The Bertz CT molecular complexity index is 1030. The second-order valence-corrected chi connectivity index (χ2v) is 8.55. The van der Waals surface area contributed by atoms with Crippen LogP contribution in [0.25, 0.3) is 0 Å². The molecule has 30 heavy (non-hydrogen) atoms. The number of hydrogen-bond donors (Lipinski definition) is 1. The lowest BCUT2D eigenvalue weighted by molar-refractivity contribution is 0.0944. The molecular weight excluding hydrogens is 398 g/mol. The third-order valence-electron chi connectivity index (χ3n) is 5.08. The van der Waals surface area contributed by atoms with Crippen LogP contribution in [0.4, 0.5) is 0 Å². The molecule has 0 fully saturated rings. The van der Waals surface area contributed by atoms with Gasteiger partial charge in [0.25, 0.3) is 5.91 Å². The molecule has 1 unspecified atom stereocenters. The van der Waals surface area contributed by atoms with Crippen molar-refractivity contribution in [2.45, 2.75) is 39.3 Å². The van der Waals surface area contributed by atoms with E-state index >= 15 is 0 Å². The van der Waals surface area contributed by atoms with E-state index in [-0.39, 0.29) is 18.7 Å². The smallest absolute Gasteiger partial charge is 0.261 e. The Hall–Kier alpha value is -2.99. The molecule has 0 saturated carbocycles. The van der Waals surface area contributed by atoms with E-state index in [4.69, 9.17) is 14.2 Å². The zero-order chi connectivity index (χ0) is 21.1. The summed E-state index contributed by atoms with van der Waals surface area (Å²) in [5, 5.41) is 5.03. The Labute approximate surface area is 180 Å². The van der Waals surface area contributed by atoms with Crippen LogP contribution in [0.15, 0.2) is 53.9 Å². The van der Waals surface area contributed by atoms with Crippen LogP contribution in [0.5, 0.6) is 17.2 Å². The summed E-state index contributed by atoms with van der Waals surface area (Å²) >= 11 is 1.42. The topological polar surface area (TPSA) is 56.8 Å². The summed E-state index contributed by atoms with van der Waals surface area (Å²) < 4.78 is 16.5. The maximum atomic E-state index is 12.6. The van der Waals surface area contributed by atoms with Crippen LogP contribution in [0.1, 0.15) is 59.1 Å². The molecule has 6 heteroatoms. The van der Waals surface area contributed by atoms with Gasteiger partial charge in [-0.25, -0.2) is 0 Å². The van der Waals surface area contributed by atoms with Crippen LogP contribution in [-0.2, 0) is 6.61 Å². The number of benzene rings is 2. The number of amides is 1. The molecule has 1 amide bonds. The Morgan fingerprint density at radius 2 is 1.77 bits per heavy atom. The molecule has 5 nitrogen and oxygen atoms in total. The number of ether oxygens (including phenoxy) is 3. The Morgan fingerprint density at radius 1 is 1.03 bits per heavy atom. The predicted octanol–water partition coefficient (Wildman–Crippen LogP) is 5.67. The van der Waals surface area contributed by atoms with Gasteiger partial charge in [0.15, 0.2) is 11.5 Å². The minimum absolute atomic E-state index is 0.0610. The highest BCUT2D eigenvalue weighted by molar-refractivity contribution is 7.12. The van der Waals surface area contributed by atoms with Crippen LogP contribution in [0.2, 0.25) is 0 Å². The molecule has 156 valence electrons. The third-order valence-corrected chi connectivity index (χ3v) is 6.06. The third kappa shape index (κ3) is 4.60. The van der Waals surface area contributed by atoms with Crippen molar-refractivity contribution in [3.05, 3.63) is 75.5 Å². The number of nitrogens with one attached hydrogen (secondary N) is 1. The van der Waals surface area contributed by atoms with Crippen LogP contribution in [0.3, 0.4) is 0 Å². The number of carbonyl (C=O) groups excluding carboxylic acids is 1. The monoisotopic (exact) mass is 423 g/mol. The first-order chi connectivity index (χ1) is 14.5. The largest absolute Gasteiger partial charge is 0.489 e. The van der Waals surface area contributed by atoms with E-state index in [1.54, 1.807) is 0 Å². The van der Waals surface area contributed by atoms with Crippen molar-refractivity contribution in [3.8, 4) is 17.2 Å². The minimum atomic E-state index is -0.0743. The van der Waals surface area contributed by atoms with Crippen molar-refractivity contribution in [2.75, 3.05) is 6.79 Å². The molecule has 1 N–H and O–H groups in total. The van der Waals surface area contributed by atoms with Gasteiger partial charge in [-0.3, -0.25) is 4.79 Å². The van der Waals surface area contributed by atoms with Gasteiger partial charge in [-0.1, -0.05) is 38.1 Å². The van der Waals surface area contributed by atoms with Gasteiger partial charge in [0.1, 0.15) is 12.4 Å². The zero-order valence-electron chi connectivity index (χ0n) is 17.3. The molecule has 0 saturated heterocycles. The lowest BCUT2D eigenvalue weighted by atomic mass is 9.99. The molecule has 1 aliphatic heterocycles. The molecule has 1 atom stereocenters. The number of fused-ring (bicyclic) bond motifs is 1. The molecule has 3 aromatic rings. The van der Waals surface area contributed by atoms with Crippen LogP contribution < -0.4 is 19.5 Å². The maximum Gasteiger partial charge on any atom is 0.261 e. The van der Waals surface area contributed by atoms with Gasteiger partial charge in [-0.05, 0) is 47.5 Å². The SMILES string of the molecule is CC(C)c1ccc(C(C)NC(=O)c2cc(COc3ccc4c(c3)OCO4)cs2)cc1. The molecule has 0 spiro atoms. The van der Waals surface area contributed by atoms with E-state index in [1.165, 1.54) is 16.9 Å². The van der Waals surface area contributed by atoms with Gasteiger partial charge in [-0.15, -0.1) is 11.3 Å². The van der Waals surface area contributed by atoms with E-state index < -0.39 is 0 Å². The van der Waals surface area contributed by atoms with Gasteiger partial charge in [-0.2, -0.15) is 0 Å². The van der Waals surface area contributed by atoms with Crippen molar-refractivity contribution in [3.63, 3.8) is 0 Å². The first-order valence-corrected chi connectivity index (χ1v) is 10.9. The first-order valence-electron chi connectivity index (χ1n) is 10.00. The highest BCUT2D eigenvalue weighted by atomic mass is 32.1. The number of thiophene rings is 1. The Morgan fingerprint density at radius 3 is 2.53 bits per heavy atom. The normalized spacial score (nSPS) is 13.3. The standard InChI is InChI=1S/C24H25NO4S/c1-15(2)18-4-6-19(7-5-18)16(3)25-24(26)23-10-17(13-30-23)12-27-20-8-9-21-22(11-20)29-14-28-21/h4-11,13,15-16H,12,14H2,1-3H3,(H,25,26). The molecule has 0 radical (unpaired) electrons. The van der Waals surface area contributed by atoms with Gasteiger partial charge in [0.05, 0.1) is 10.9 Å². The summed E-state index contributed by atoms with van der Waals surface area (Å²) in [6.07, 6.45) is 0. The van der Waals surface area contributed by atoms with Crippen molar-refractivity contribution in [1.82, 2.24) is 5.32 Å². The summed E-state index contributed by atoms with van der Waals surface area (Å²) in [5.74, 6) is 2.54. The van der Waals surface area contributed by atoms with Crippen molar-refractivity contribution in [1.29, 1.82) is 0 Å². The highest BCUT2D eigenvalue weighted by Gasteiger charge is 2.16. The Balaban J connectivity index is 1.33.